The summed E-state index contributed by atoms with van der Waals surface area (Å²) in [4.78, 5) is 0. The van der Waals surface area contributed by atoms with Crippen LogP contribution in [0.4, 0.5) is 0 Å². The lowest BCUT2D eigenvalue weighted by atomic mass is 10.1. The van der Waals surface area contributed by atoms with Crippen LogP contribution in [0.2, 0.25) is 0 Å². The Labute approximate surface area is 151 Å². The summed E-state index contributed by atoms with van der Waals surface area (Å²) in [6.07, 6.45) is -0.195. The zero-order valence-electron chi connectivity index (χ0n) is 11.9. The smallest absolute Gasteiger partial charge is 0.147 e. The molecule has 0 saturated heterocycles. The van der Waals surface area contributed by atoms with Gasteiger partial charge in [0.1, 0.15) is 17.6 Å². The molecule has 4 heteroatoms. The molecule has 0 spiro atoms. The molecule has 0 radical (unpaired) electrons. The van der Waals surface area contributed by atoms with Gasteiger partial charge in [-0.2, -0.15) is 0 Å². The summed E-state index contributed by atoms with van der Waals surface area (Å²) in [5.74, 6) is 1.69. The fourth-order valence-electron chi connectivity index (χ4n) is 2.36. The highest BCUT2D eigenvalue weighted by atomic mass is 127. The maximum atomic E-state index is 6.10. The third kappa shape index (κ3) is 3.29. The second kappa shape index (κ2) is 6.98. The van der Waals surface area contributed by atoms with Crippen molar-refractivity contribution >= 4 is 38.5 Å². The van der Waals surface area contributed by atoms with Gasteiger partial charge in [-0.15, -0.1) is 0 Å². The number of halogens is 2. The van der Waals surface area contributed by atoms with Crippen LogP contribution in [-0.2, 0) is 4.74 Å². The summed E-state index contributed by atoms with van der Waals surface area (Å²) in [6.45, 7) is 0. The molecule has 2 nitrogen and oxygen atoms in total. The fourth-order valence-corrected chi connectivity index (χ4v) is 3.35. The van der Waals surface area contributed by atoms with Crippen molar-refractivity contribution in [3.8, 4) is 11.3 Å². The summed E-state index contributed by atoms with van der Waals surface area (Å²) in [5.41, 5.74) is 2.14. The van der Waals surface area contributed by atoms with Crippen molar-refractivity contribution in [2.45, 2.75) is 6.10 Å². The van der Waals surface area contributed by atoms with Gasteiger partial charge < -0.3 is 9.15 Å². The van der Waals surface area contributed by atoms with Crippen LogP contribution in [-0.4, -0.2) is 7.11 Å². The van der Waals surface area contributed by atoms with Crippen molar-refractivity contribution in [1.82, 2.24) is 0 Å². The van der Waals surface area contributed by atoms with E-state index in [1.165, 1.54) is 0 Å². The number of ether oxygens (including phenoxy) is 1. The Bertz CT molecular complexity index is 751. The van der Waals surface area contributed by atoms with Gasteiger partial charge in [0.2, 0.25) is 0 Å². The van der Waals surface area contributed by atoms with Crippen LogP contribution in [0, 0.1) is 3.57 Å². The van der Waals surface area contributed by atoms with E-state index in [-0.39, 0.29) is 6.10 Å². The highest BCUT2D eigenvalue weighted by Crippen LogP contribution is 2.35. The monoisotopic (exact) mass is 468 g/mol. The number of rotatable bonds is 4. The molecule has 0 saturated carbocycles. The number of furan rings is 1. The molecule has 0 fully saturated rings. The average Bonchev–Trinajstić information content (AvgIpc) is 2.91. The van der Waals surface area contributed by atoms with Gasteiger partial charge in [0.15, 0.2) is 0 Å². The minimum Gasteiger partial charge on any atom is -0.457 e. The standard InChI is InChI=1S/C18H14BrIO2/c1-21-18(12-5-3-2-4-6-12)16-11-15(20)17(22-16)13-7-9-14(19)10-8-13/h2-11,18H,1H3. The van der Waals surface area contributed by atoms with Gasteiger partial charge in [-0.25, -0.2) is 0 Å². The molecule has 0 amide bonds. The van der Waals surface area contributed by atoms with Gasteiger partial charge in [0.05, 0.1) is 3.57 Å². The van der Waals surface area contributed by atoms with E-state index in [2.05, 4.69) is 38.5 Å². The third-order valence-electron chi connectivity index (χ3n) is 3.41. The molecule has 2 aromatic carbocycles. The predicted molar refractivity (Wildman–Crippen MR) is 99.9 cm³/mol. The van der Waals surface area contributed by atoms with E-state index in [4.69, 9.17) is 9.15 Å². The lowest BCUT2D eigenvalue weighted by Crippen LogP contribution is -2.01. The Balaban J connectivity index is 1.99. The van der Waals surface area contributed by atoms with E-state index < -0.39 is 0 Å². The second-order valence-corrected chi connectivity index (χ2v) is 6.94. The van der Waals surface area contributed by atoms with E-state index in [0.717, 1.165) is 30.7 Å². The SMILES string of the molecule is COC(c1ccccc1)c1cc(I)c(-c2ccc(Br)cc2)o1. The number of methoxy groups -OCH3 is 1. The minimum atomic E-state index is -0.195. The maximum absolute atomic E-state index is 6.10. The normalized spacial score (nSPS) is 12.3. The molecular weight excluding hydrogens is 455 g/mol. The van der Waals surface area contributed by atoms with Gasteiger partial charge in [0, 0.05) is 17.1 Å². The third-order valence-corrected chi connectivity index (χ3v) is 4.74. The molecule has 0 bridgehead atoms. The van der Waals surface area contributed by atoms with Gasteiger partial charge in [-0.3, -0.25) is 0 Å². The first-order valence-corrected chi connectivity index (χ1v) is 8.69. The maximum Gasteiger partial charge on any atom is 0.147 e. The predicted octanol–water partition coefficient (Wildman–Crippen LogP) is 6.05. The molecule has 1 aromatic heterocycles. The Morgan fingerprint density at radius 3 is 2.36 bits per heavy atom. The molecule has 0 aliphatic rings. The summed E-state index contributed by atoms with van der Waals surface area (Å²) in [6, 6.07) is 20.2. The highest BCUT2D eigenvalue weighted by molar-refractivity contribution is 14.1. The van der Waals surface area contributed by atoms with Crippen LogP contribution in [0.3, 0.4) is 0 Å². The van der Waals surface area contributed by atoms with Gasteiger partial charge in [-0.1, -0.05) is 58.4 Å². The summed E-state index contributed by atoms with van der Waals surface area (Å²) < 4.78 is 13.9. The van der Waals surface area contributed by atoms with E-state index in [9.17, 15) is 0 Å². The first kappa shape index (κ1) is 15.8. The average molecular weight is 469 g/mol. The molecule has 1 heterocycles. The van der Waals surface area contributed by atoms with Crippen LogP contribution < -0.4 is 0 Å². The summed E-state index contributed by atoms with van der Waals surface area (Å²) in [5, 5.41) is 0. The number of hydrogen-bond donors (Lipinski definition) is 0. The van der Waals surface area contributed by atoms with Gasteiger partial charge in [0.25, 0.3) is 0 Å². The van der Waals surface area contributed by atoms with Crippen LogP contribution >= 0.6 is 38.5 Å². The first-order chi connectivity index (χ1) is 10.7. The van der Waals surface area contributed by atoms with Crippen LogP contribution in [0.5, 0.6) is 0 Å². The number of hydrogen-bond acceptors (Lipinski definition) is 2. The molecule has 3 aromatic rings. The van der Waals surface area contributed by atoms with E-state index in [0.29, 0.717) is 0 Å². The van der Waals surface area contributed by atoms with Crippen molar-refractivity contribution in [2.24, 2.45) is 0 Å². The molecule has 1 atom stereocenters. The molecular formula is C18H14BrIO2. The lowest BCUT2D eigenvalue weighted by molar-refractivity contribution is 0.117. The van der Waals surface area contributed by atoms with E-state index in [1.807, 2.05) is 60.7 Å². The minimum absolute atomic E-state index is 0.195. The van der Waals surface area contributed by atoms with Crippen LogP contribution in [0.15, 0.2) is 69.6 Å². The lowest BCUT2D eigenvalue weighted by Gasteiger charge is -2.12. The summed E-state index contributed by atoms with van der Waals surface area (Å²) >= 11 is 5.76. The van der Waals surface area contributed by atoms with Gasteiger partial charge >= 0.3 is 0 Å². The fraction of sp³-hybridized carbons (Fsp3) is 0.111. The Morgan fingerprint density at radius 1 is 1.05 bits per heavy atom. The quantitative estimate of drug-likeness (QED) is 0.435. The first-order valence-electron chi connectivity index (χ1n) is 6.82. The molecule has 22 heavy (non-hydrogen) atoms. The van der Waals surface area contributed by atoms with Crippen molar-refractivity contribution < 1.29 is 9.15 Å². The van der Waals surface area contributed by atoms with Crippen molar-refractivity contribution in [1.29, 1.82) is 0 Å². The topological polar surface area (TPSA) is 22.4 Å². The van der Waals surface area contributed by atoms with E-state index in [1.54, 1.807) is 7.11 Å². The molecule has 1 unspecified atom stereocenters. The number of benzene rings is 2. The van der Waals surface area contributed by atoms with Crippen molar-refractivity contribution in [2.75, 3.05) is 7.11 Å². The Hall–Kier alpha value is -1.11. The summed E-state index contributed by atoms with van der Waals surface area (Å²) in [7, 11) is 1.70. The zero-order chi connectivity index (χ0) is 15.5. The Kier molecular flexibility index (Phi) is 5.00. The molecule has 0 aliphatic heterocycles. The molecule has 0 N–H and O–H groups in total. The van der Waals surface area contributed by atoms with Crippen molar-refractivity contribution in [3.05, 3.63) is 80.0 Å². The van der Waals surface area contributed by atoms with Crippen molar-refractivity contribution in [3.63, 3.8) is 0 Å². The molecule has 0 aliphatic carbocycles. The second-order valence-electron chi connectivity index (χ2n) is 4.86. The zero-order valence-corrected chi connectivity index (χ0v) is 15.7. The van der Waals surface area contributed by atoms with E-state index >= 15 is 0 Å². The molecule has 3 rings (SSSR count). The van der Waals surface area contributed by atoms with Gasteiger partial charge in [-0.05, 0) is 46.4 Å². The van der Waals surface area contributed by atoms with Crippen LogP contribution in [0.25, 0.3) is 11.3 Å². The largest absolute Gasteiger partial charge is 0.457 e. The Morgan fingerprint density at radius 2 is 1.73 bits per heavy atom. The van der Waals surface area contributed by atoms with Crippen LogP contribution in [0.1, 0.15) is 17.4 Å². The molecule has 112 valence electrons. The highest BCUT2D eigenvalue weighted by Gasteiger charge is 2.20.